The molecule has 318 valence electrons. The summed E-state index contributed by atoms with van der Waals surface area (Å²) < 4.78 is 33.7. The zero-order valence-corrected chi connectivity index (χ0v) is 36.4. The number of phosphoric acid groups is 1. The highest BCUT2D eigenvalue weighted by atomic mass is 31.2. The molecule has 10 heteroatoms. The lowest BCUT2D eigenvalue weighted by Gasteiger charge is -2.28. The summed E-state index contributed by atoms with van der Waals surface area (Å²) in [6.07, 6.45) is 48.8. The number of rotatable bonds is 36. The molecule has 0 aromatic carbocycles. The first-order chi connectivity index (χ1) is 27.0. The highest BCUT2D eigenvalue weighted by Crippen LogP contribution is 2.38. The third kappa shape index (κ3) is 40.6. The molecule has 0 N–H and O–H groups in total. The second-order valence-corrected chi connectivity index (χ2v) is 16.0. The third-order valence-electron chi connectivity index (χ3n) is 8.09. The van der Waals surface area contributed by atoms with Crippen LogP contribution in [0, 0.1) is 0 Å². The van der Waals surface area contributed by atoms with Crippen molar-refractivity contribution in [2.24, 2.45) is 0 Å². The van der Waals surface area contributed by atoms with Crippen molar-refractivity contribution in [2.75, 3.05) is 47.5 Å². The maximum Gasteiger partial charge on any atom is 0.306 e. The standard InChI is InChI=1S/C46H76NO8P/c1-6-8-10-12-14-16-18-20-22-23-25-27-29-31-33-35-37-39-46(49)55-44(43-54-56(50,51)53-41-40-47(3,4)5)42-52-45(48)38-36-34-32-30-28-26-24-21-19-17-15-13-11-9-7-2/h8,10,14-17,20-22,24-25,27-28,30-31,33,44H,6-7,9,11-13,18-19,23,26,29,32,34-43H2,1-5H3/b10-8+,16-14+,17-15+,22-20+,24-21+,27-25+,30-28+,33-31+/t44-/m1/s1. The number of likely N-dealkylation sites (N-methyl/N-ethyl adjacent to an activating group) is 1. The van der Waals surface area contributed by atoms with Crippen molar-refractivity contribution in [1.29, 1.82) is 0 Å². The molecule has 1 unspecified atom stereocenters. The Morgan fingerprint density at radius 3 is 1.50 bits per heavy atom. The average Bonchev–Trinajstić information content (AvgIpc) is 3.15. The number of phosphoric ester groups is 1. The molecule has 0 rings (SSSR count). The van der Waals surface area contributed by atoms with Crippen molar-refractivity contribution in [3.63, 3.8) is 0 Å². The van der Waals surface area contributed by atoms with Crippen LogP contribution >= 0.6 is 7.82 Å². The fourth-order valence-electron chi connectivity index (χ4n) is 4.81. The Morgan fingerprint density at radius 2 is 1.02 bits per heavy atom. The second-order valence-electron chi connectivity index (χ2n) is 14.6. The molecule has 0 fully saturated rings. The van der Waals surface area contributed by atoms with Crippen LogP contribution in [-0.2, 0) is 32.7 Å². The molecule has 0 heterocycles. The van der Waals surface area contributed by atoms with Crippen LogP contribution in [0.15, 0.2) is 97.2 Å². The van der Waals surface area contributed by atoms with Gasteiger partial charge in [0.1, 0.15) is 19.8 Å². The number of allylic oxidation sites excluding steroid dienone is 16. The van der Waals surface area contributed by atoms with E-state index in [4.69, 9.17) is 18.5 Å². The summed E-state index contributed by atoms with van der Waals surface area (Å²) in [5.41, 5.74) is 0. The van der Waals surface area contributed by atoms with Gasteiger partial charge in [0, 0.05) is 12.8 Å². The van der Waals surface area contributed by atoms with Gasteiger partial charge in [0.2, 0.25) is 0 Å². The molecule has 0 aliphatic rings. The van der Waals surface area contributed by atoms with Crippen LogP contribution in [0.3, 0.4) is 0 Å². The van der Waals surface area contributed by atoms with Gasteiger partial charge in [0.05, 0.1) is 27.7 Å². The average molecular weight is 802 g/mol. The molecule has 0 bridgehead atoms. The smallest absolute Gasteiger partial charge is 0.306 e. The highest BCUT2D eigenvalue weighted by molar-refractivity contribution is 7.45. The molecule has 0 aromatic rings. The van der Waals surface area contributed by atoms with E-state index in [1.54, 1.807) is 0 Å². The molecule has 0 amide bonds. The fraction of sp³-hybridized carbons (Fsp3) is 0.609. The van der Waals surface area contributed by atoms with Crippen molar-refractivity contribution >= 4 is 19.8 Å². The van der Waals surface area contributed by atoms with Crippen LogP contribution in [0.5, 0.6) is 0 Å². The van der Waals surface area contributed by atoms with Gasteiger partial charge in [-0.2, -0.15) is 0 Å². The Balaban J connectivity index is 4.59. The van der Waals surface area contributed by atoms with Gasteiger partial charge in [-0.15, -0.1) is 0 Å². The molecule has 0 spiro atoms. The molecule has 0 radical (unpaired) electrons. The molecule has 56 heavy (non-hydrogen) atoms. The van der Waals surface area contributed by atoms with E-state index in [9.17, 15) is 19.0 Å². The lowest BCUT2D eigenvalue weighted by molar-refractivity contribution is -0.870. The largest absolute Gasteiger partial charge is 0.756 e. The minimum Gasteiger partial charge on any atom is -0.756 e. The number of nitrogens with zero attached hydrogens (tertiary/aromatic N) is 1. The molecule has 9 nitrogen and oxygen atoms in total. The lowest BCUT2D eigenvalue weighted by atomic mass is 10.1. The summed E-state index contributed by atoms with van der Waals surface area (Å²) in [5, 5.41) is 0. The van der Waals surface area contributed by atoms with E-state index in [1.165, 1.54) is 19.3 Å². The van der Waals surface area contributed by atoms with Gasteiger partial charge < -0.3 is 27.9 Å². The number of unbranched alkanes of at least 4 members (excludes halogenated alkanes) is 6. The molecule has 2 atom stereocenters. The van der Waals surface area contributed by atoms with Crippen LogP contribution in [0.4, 0.5) is 0 Å². The highest BCUT2D eigenvalue weighted by Gasteiger charge is 2.21. The van der Waals surface area contributed by atoms with Gasteiger partial charge in [0.25, 0.3) is 7.82 Å². The number of ether oxygens (including phenoxy) is 2. The van der Waals surface area contributed by atoms with Gasteiger partial charge in [0.15, 0.2) is 6.10 Å². The monoisotopic (exact) mass is 802 g/mol. The first-order valence-electron chi connectivity index (χ1n) is 20.9. The van der Waals surface area contributed by atoms with E-state index < -0.39 is 32.5 Å². The van der Waals surface area contributed by atoms with Gasteiger partial charge >= 0.3 is 11.9 Å². The van der Waals surface area contributed by atoms with E-state index in [1.807, 2.05) is 27.2 Å². The Bertz CT molecular complexity index is 1270. The first kappa shape index (κ1) is 52.9. The number of hydrogen-bond donors (Lipinski definition) is 0. The number of carbonyl (C=O) groups is 2. The van der Waals surface area contributed by atoms with Crippen LogP contribution < -0.4 is 4.89 Å². The molecule has 0 aliphatic heterocycles. The topological polar surface area (TPSA) is 111 Å². The molecular weight excluding hydrogens is 725 g/mol. The van der Waals surface area contributed by atoms with Crippen LogP contribution in [0.25, 0.3) is 0 Å². The molecule has 0 saturated carbocycles. The van der Waals surface area contributed by atoms with E-state index in [2.05, 4.69) is 105 Å². The predicted molar refractivity (Wildman–Crippen MR) is 231 cm³/mol. The lowest BCUT2D eigenvalue weighted by Crippen LogP contribution is -2.37. The second kappa shape index (κ2) is 37.5. The summed E-state index contributed by atoms with van der Waals surface area (Å²) in [4.78, 5) is 37.4. The SMILES string of the molecule is CC/C=C/C/C=C/C/C=C/C/C=C/C/C=C/CCCC(=O)O[C@H](COC(=O)CCCC/C=C/C/C=C/C/C=C/CCCCC)COP(=O)([O-])OCC[N+](C)(C)C. The van der Waals surface area contributed by atoms with Crippen molar-refractivity contribution in [3.05, 3.63) is 97.2 Å². The molecule has 0 aromatic heterocycles. The zero-order valence-electron chi connectivity index (χ0n) is 35.5. The van der Waals surface area contributed by atoms with E-state index in [0.29, 0.717) is 30.3 Å². The Labute approximate surface area is 341 Å². The number of hydrogen-bond acceptors (Lipinski definition) is 8. The van der Waals surface area contributed by atoms with Crippen molar-refractivity contribution in [1.82, 2.24) is 0 Å². The third-order valence-corrected chi connectivity index (χ3v) is 9.05. The van der Waals surface area contributed by atoms with Crippen LogP contribution in [-0.4, -0.2) is 70.0 Å². The minimum absolute atomic E-state index is 0.0533. The summed E-state index contributed by atoms with van der Waals surface area (Å²) in [5.74, 6) is -0.960. The fourth-order valence-corrected chi connectivity index (χ4v) is 5.54. The molecule has 0 aliphatic carbocycles. The van der Waals surface area contributed by atoms with Gasteiger partial charge in [-0.25, -0.2) is 0 Å². The number of esters is 2. The van der Waals surface area contributed by atoms with Crippen molar-refractivity contribution in [3.8, 4) is 0 Å². The predicted octanol–water partition coefficient (Wildman–Crippen LogP) is 11.2. The normalized spacial score (nSPS) is 14.6. The van der Waals surface area contributed by atoms with Crippen molar-refractivity contribution < 1.29 is 42.1 Å². The maximum atomic E-state index is 12.6. The summed E-state index contributed by atoms with van der Waals surface area (Å²) in [7, 11) is 1.09. The zero-order chi connectivity index (χ0) is 41.4. The molecule has 0 saturated heterocycles. The minimum atomic E-state index is -4.65. The summed E-state index contributed by atoms with van der Waals surface area (Å²) in [6.45, 7) is 3.93. The van der Waals surface area contributed by atoms with Crippen LogP contribution in [0.2, 0.25) is 0 Å². The summed E-state index contributed by atoms with van der Waals surface area (Å²) >= 11 is 0. The van der Waals surface area contributed by atoms with E-state index >= 15 is 0 Å². The number of quaternary nitrogens is 1. The van der Waals surface area contributed by atoms with Gasteiger partial charge in [-0.3, -0.25) is 14.2 Å². The van der Waals surface area contributed by atoms with Crippen molar-refractivity contribution in [2.45, 2.75) is 136 Å². The Hall–Kier alpha value is -3.07. The quantitative estimate of drug-likeness (QED) is 0.0202. The first-order valence-corrected chi connectivity index (χ1v) is 22.4. The summed E-state index contributed by atoms with van der Waals surface area (Å²) in [6, 6.07) is 0. The Morgan fingerprint density at radius 1 is 0.571 bits per heavy atom. The van der Waals surface area contributed by atoms with E-state index in [0.717, 1.165) is 64.2 Å². The maximum absolute atomic E-state index is 12.6. The van der Waals surface area contributed by atoms with Crippen LogP contribution in [0.1, 0.15) is 129 Å². The van der Waals surface area contributed by atoms with E-state index in [-0.39, 0.29) is 26.1 Å². The molecular formula is C46H76NO8P. The van der Waals surface area contributed by atoms with Gasteiger partial charge in [-0.1, -0.05) is 124 Å². The Kier molecular flexibility index (Phi) is 35.4. The van der Waals surface area contributed by atoms with Gasteiger partial charge in [-0.05, 0) is 89.9 Å². The number of carbonyl (C=O) groups excluding carboxylic acids is 2.